The van der Waals surface area contributed by atoms with Crippen LogP contribution in [0.4, 0.5) is 5.69 Å². The van der Waals surface area contributed by atoms with Crippen molar-refractivity contribution in [1.29, 1.82) is 0 Å². The summed E-state index contributed by atoms with van der Waals surface area (Å²) in [5.41, 5.74) is 1.40. The number of aryl methyl sites for hydroxylation is 1. The van der Waals surface area contributed by atoms with E-state index in [0.717, 1.165) is 4.57 Å². The Labute approximate surface area is 162 Å². The minimum atomic E-state index is -0.683. The topological polar surface area (TPSA) is 90.9 Å². The zero-order chi connectivity index (χ0) is 20.8. The van der Waals surface area contributed by atoms with E-state index in [-0.39, 0.29) is 22.5 Å². The molecule has 1 amide bonds. The summed E-state index contributed by atoms with van der Waals surface area (Å²) in [6, 6.07) is 7.01. The molecular weight excluding hydrogens is 358 g/mol. The first-order valence-electron chi connectivity index (χ1n) is 9.06. The number of hydrogen-bond donors (Lipinski definition) is 1. The van der Waals surface area contributed by atoms with Gasteiger partial charge in [-0.15, -0.1) is 0 Å². The van der Waals surface area contributed by atoms with Crippen LogP contribution in [0.1, 0.15) is 39.3 Å². The van der Waals surface area contributed by atoms with Gasteiger partial charge in [-0.05, 0) is 30.0 Å². The summed E-state index contributed by atoms with van der Waals surface area (Å²) in [5.74, 6) is -0.279. The Kier molecular flexibility index (Phi) is 4.74. The van der Waals surface area contributed by atoms with Gasteiger partial charge in [-0.25, -0.2) is 9.78 Å². The average Bonchev–Trinajstić information content (AvgIpc) is 3.08. The van der Waals surface area contributed by atoms with Crippen LogP contribution in [0.25, 0.3) is 11.2 Å². The number of benzene rings is 1. The van der Waals surface area contributed by atoms with Crippen LogP contribution >= 0.6 is 0 Å². The van der Waals surface area contributed by atoms with E-state index in [9.17, 15) is 14.4 Å². The maximum atomic E-state index is 12.7. The fourth-order valence-electron chi connectivity index (χ4n) is 3.08. The third-order valence-electron chi connectivity index (χ3n) is 4.99. The molecule has 0 radical (unpaired) electrons. The van der Waals surface area contributed by atoms with E-state index in [1.165, 1.54) is 28.1 Å². The van der Waals surface area contributed by atoms with Crippen LogP contribution in [0.3, 0.4) is 0 Å². The monoisotopic (exact) mass is 383 g/mol. The minimum absolute atomic E-state index is 0.0293. The molecule has 3 aromatic rings. The molecule has 2 heterocycles. The number of carbonyl (C=O) groups is 1. The highest BCUT2D eigenvalue weighted by Gasteiger charge is 2.22. The maximum Gasteiger partial charge on any atom is 0.332 e. The first-order valence-corrected chi connectivity index (χ1v) is 9.06. The van der Waals surface area contributed by atoms with Crippen molar-refractivity contribution in [2.24, 2.45) is 14.1 Å². The standard InChI is InChI=1S/C20H25N5O3/c1-12(17(26)22-14-9-7-13(8-10-14)20(2,3)4)25-11-21-16-15(25)18(27)24(6)19(28)23(16)5/h7-12H,1-6H3,(H,22,26)/t12-/m0/s1. The summed E-state index contributed by atoms with van der Waals surface area (Å²) in [6.07, 6.45) is 1.42. The minimum Gasteiger partial charge on any atom is -0.324 e. The number of aromatic nitrogens is 4. The van der Waals surface area contributed by atoms with Gasteiger partial charge >= 0.3 is 5.69 Å². The molecule has 0 aliphatic heterocycles. The van der Waals surface area contributed by atoms with Gasteiger partial charge in [-0.3, -0.25) is 18.7 Å². The van der Waals surface area contributed by atoms with Crippen molar-refractivity contribution in [2.45, 2.75) is 39.2 Å². The molecule has 8 heteroatoms. The Morgan fingerprint density at radius 1 is 1.07 bits per heavy atom. The van der Waals surface area contributed by atoms with Crippen molar-refractivity contribution in [3.8, 4) is 0 Å². The van der Waals surface area contributed by atoms with Gasteiger partial charge < -0.3 is 9.88 Å². The Morgan fingerprint density at radius 2 is 1.68 bits per heavy atom. The highest BCUT2D eigenvalue weighted by Crippen LogP contribution is 2.24. The van der Waals surface area contributed by atoms with Crippen molar-refractivity contribution in [3.63, 3.8) is 0 Å². The second kappa shape index (κ2) is 6.78. The molecule has 1 atom stereocenters. The molecule has 2 aromatic heterocycles. The van der Waals surface area contributed by atoms with E-state index < -0.39 is 17.3 Å². The summed E-state index contributed by atoms with van der Waals surface area (Å²) in [5, 5.41) is 2.87. The van der Waals surface area contributed by atoms with Gasteiger partial charge in [0.15, 0.2) is 11.2 Å². The SMILES string of the molecule is C[C@@H](C(=O)Nc1ccc(C(C)(C)C)cc1)n1cnc2c1c(=O)n(C)c(=O)n2C. The van der Waals surface area contributed by atoms with E-state index in [4.69, 9.17) is 0 Å². The number of anilines is 1. The van der Waals surface area contributed by atoms with Crippen LogP contribution in [0, 0.1) is 0 Å². The fourth-order valence-corrected chi connectivity index (χ4v) is 3.08. The third kappa shape index (κ3) is 3.26. The number of nitrogens with one attached hydrogen (secondary N) is 1. The van der Waals surface area contributed by atoms with E-state index in [2.05, 4.69) is 31.1 Å². The lowest BCUT2D eigenvalue weighted by Gasteiger charge is -2.19. The van der Waals surface area contributed by atoms with E-state index in [1.807, 2.05) is 24.3 Å². The zero-order valence-corrected chi connectivity index (χ0v) is 17.0. The Bertz CT molecular complexity index is 1160. The number of rotatable bonds is 3. The van der Waals surface area contributed by atoms with Crippen molar-refractivity contribution in [1.82, 2.24) is 18.7 Å². The molecule has 8 nitrogen and oxygen atoms in total. The molecule has 0 saturated carbocycles. The van der Waals surface area contributed by atoms with Gasteiger partial charge in [0.05, 0.1) is 6.33 Å². The molecule has 0 saturated heterocycles. The molecule has 0 unspecified atom stereocenters. The lowest BCUT2D eigenvalue weighted by Crippen LogP contribution is -2.38. The van der Waals surface area contributed by atoms with Gasteiger partial charge in [0, 0.05) is 19.8 Å². The van der Waals surface area contributed by atoms with Gasteiger partial charge in [-0.2, -0.15) is 0 Å². The van der Waals surface area contributed by atoms with E-state index >= 15 is 0 Å². The largest absolute Gasteiger partial charge is 0.332 e. The lowest BCUT2D eigenvalue weighted by molar-refractivity contribution is -0.118. The zero-order valence-electron chi connectivity index (χ0n) is 17.0. The van der Waals surface area contributed by atoms with Crippen molar-refractivity contribution >= 4 is 22.8 Å². The molecule has 28 heavy (non-hydrogen) atoms. The molecule has 0 spiro atoms. The van der Waals surface area contributed by atoms with Crippen molar-refractivity contribution in [2.75, 3.05) is 5.32 Å². The number of hydrogen-bond acceptors (Lipinski definition) is 4. The van der Waals surface area contributed by atoms with E-state index in [1.54, 1.807) is 14.0 Å². The predicted octanol–water partition coefficient (Wildman–Crippen LogP) is 1.93. The predicted molar refractivity (Wildman–Crippen MR) is 109 cm³/mol. The number of amides is 1. The number of fused-ring (bicyclic) bond motifs is 1. The van der Waals surface area contributed by atoms with E-state index in [0.29, 0.717) is 5.69 Å². The van der Waals surface area contributed by atoms with Crippen molar-refractivity contribution in [3.05, 3.63) is 57.0 Å². The Morgan fingerprint density at radius 3 is 2.25 bits per heavy atom. The third-order valence-corrected chi connectivity index (χ3v) is 4.99. The van der Waals surface area contributed by atoms with Crippen LogP contribution in [0.15, 0.2) is 40.2 Å². The first-order chi connectivity index (χ1) is 13.0. The molecule has 3 rings (SSSR count). The normalized spacial score (nSPS) is 12.9. The summed E-state index contributed by atoms with van der Waals surface area (Å²) >= 11 is 0. The number of nitrogens with zero attached hydrogens (tertiary/aromatic N) is 4. The average molecular weight is 383 g/mol. The molecule has 0 bridgehead atoms. The highest BCUT2D eigenvalue weighted by molar-refractivity contribution is 5.94. The summed E-state index contributed by atoms with van der Waals surface area (Å²) in [7, 11) is 2.95. The van der Waals surface area contributed by atoms with Gasteiger partial charge in [0.25, 0.3) is 5.56 Å². The molecule has 1 aromatic carbocycles. The van der Waals surface area contributed by atoms with Crippen LogP contribution in [0.5, 0.6) is 0 Å². The number of carbonyl (C=O) groups excluding carboxylic acids is 1. The second-order valence-corrected chi connectivity index (χ2v) is 8.02. The molecular formula is C20H25N5O3. The van der Waals surface area contributed by atoms with Crippen LogP contribution in [-0.4, -0.2) is 24.6 Å². The molecule has 0 aliphatic carbocycles. The van der Waals surface area contributed by atoms with Gasteiger partial charge in [0.1, 0.15) is 6.04 Å². The van der Waals surface area contributed by atoms with Crippen LogP contribution in [-0.2, 0) is 24.3 Å². The summed E-state index contributed by atoms with van der Waals surface area (Å²) < 4.78 is 3.80. The lowest BCUT2D eigenvalue weighted by atomic mass is 9.87. The van der Waals surface area contributed by atoms with Gasteiger partial charge in [-0.1, -0.05) is 32.9 Å². The summed E-state index contributed by atoms with van der Waals surface area (Å²) in [4.78, 5) is 41.5. The van der Waals surface area contributed by atoms with Crippen LogP contribution < -0.4 is 16.6 Å². The van der Waals surface area contributed by atoms with Crippen LogP contribution in [0.2, 0.25) is 0 Å². The second-order valence-electron chi connectivity index (χ2n) is 8.02. The quantitative estimate of drug-likeness (QED) is 0.748. The highest BCUT2D eigenvalue weighted by atomic mass is 16.2. The first kappa shape index (κ1) is 19.6. The molecule has 0 fully saturated rings. The fraction of sp³-hybridized carbons (Fsp3) is 0.400. The smallest absolute Gasteiger partial charge is 0.324 e. The summed E-state index contributed by atoms with van der Waals surface area (Å²) in [6.45, 7) is 8.06. The molecule has 0 aliphatic rings. The number of imidazole rings is 1. The maximum absolute atomic E-state index is 12.7. The Hall–Kier alpha value is -3.16. The van der Waals surface area contributed by atoms with Crippen molar-refractivity contribution < 1.29 is 4.79 Å². The molecule has 1 N–H and O–H groups in total. The Balaban J connectivity index is 1.92. The molecule has 148 valence electrons. The van der Waals surface area contributed by atoms with Gasteiger partial charge in [0.2, 0.25) is 5.91 Å².